The Kier molecular flexibility index (Phi) is 8.68. The summed E-state index contributed by atoms with van der Waals surface area (Å²) in [6.07, 6.45) is -1.10. The summed E-state index contributed by atoms with van der Waals surface area (Å²) in [6, 6.07) is 0. The lowest BCUT2D eigenvalue weighted by Gasteiger charge is -2.20. The highest BCUT2D eigenvalue weighted by atomic mass is 31.2. The van der Waals surface area contributed by atoms with Crippen LogP contribution in [0.15, 0.2) is 0 Å². The largest absolute Gasteiger partial charge is 0.499 e. The number of hydrogen-bond donors (Lipinski definition) is 2. The number of hydrogen-bond acceptors (Lipinski definition) is 8. The van der Waals surface area contributed by atoms with Crippen LogP contribution in [0.2, 0.25) is 0 Å². The first-order valence-electron chi connectivity index (χ1n) is 6.26. The highest BCUT2D eigenvalue weighted by Gasteiger charge is 2.27. The molecule has 0 radical (unpaired) electrons. The van der Waals surface area contributed by atoms with Crippen molar-refractivity contribution in [2.75, 3.05) is 13.2 Å². The molecule has 0 saturated heterocycles. The van der Waals surface area contributed by atoms with E-state index in [1.807, 2.05) is 0 Å². The van der Waals surface area contributed by atoms with Crippen LogP contribution in [0.3, 0.4) is 0 Å². The third-order valence-electron chi connectivity index (χ3n) is 2.16. The van der Waals surface area contributed by atoms with Crippen LogP contribution < -0.4 is 0 Å². The van der Waals surface area contributed by atoms with E-state index in [0.717, 1.165) is 0 Å². The first-order valence-corrected chi connectivity index (χ1v) is 7.76. The van der Waals surface area contributed by atoms with Gasteiger partial charge >= 0.3 is 19.8 Å². The summed E-state index contributed by atoms with van der Waals surface area (Å²) >= 11 is 0. The van der Waals surface area contributed by atoms with E-state index in [9.17, 15) is 14.2 Å². The van der Waals surface area contributed by atoms with Gasteiger partial charge in [0.05, 0.1) is 18.4 Å². The Morgan fingerprint density at radius 2 is 1.57 bits per heavy atom. The Balaban J connectivity index is 4.58. The fourth-order valence-corrected chi connectivity index (χ4v) is 1.36. The molecule has 124 valence electrons. The summed E-state index contributed by atoms with van der Waals surface area (Å²) in [4.78, 5) is 31.7. The van der Waals surface area contributed by atoms with Gasteiger partial charge < -0.3 is 14.4 Å². The van der Waals surface area contributed by atoms with Gasteiger partial charge in [0.1, 0.15) is 6.61 Å². The van der Waals surface area contributed by atoms with Crippen molar-refractivity contribution in [1.29, 1.82) is 0 Å². The molecule has 0 saturated carbocycles. The Bertz CT molecular complexity index is 393. The molecule has 0 aromatic carbocycles. The van der Waals surface area contributed by atoms with Gasteiger partial charge in [-0.3, -0.25) is 14.1 Å². The van der Waals surface area contributed by atoms with Crippen LogP contribution in [0.25, 0.3) is 0 Å². The van der Waals surface area contributed by atoms with E-state index in [1.165, 1.54) is 0 Å². The summed E-state index contributed by atoms with van der Waals surface area (Å²) in [5, 5.41) is 8.14. The molecule has 0 aliphatic heterocycles. The van der Waals surface area contributed by atoms with Gasteiger partial charge in [-0.25, -0.2) is 9.82 Å². The molecule has 0 aromatic rings. The van der Waals surface area contributed by atoms with Crippen molar-refractivity contribution < 1.29 is 43.0 Å². The second-order valence-electron chi connectivity index (χ2n) is 4.84. The maximum absolute atomic E-state index is 11.5. The number of phosphoric acid groups is 1. The minimum atomic E-state index is -4.64. The van der Waals surface area contributed by atoms with Crippen molar-refractivity contribution in [3.05, 3.63) is 0 Å². The molecule has 21 heavy (non-hydrogen) atoms. The molecule has 2 atom stereocenters. The molecule has 0 amide bonds. The van der Waals surface area contributed by atoms with Gasteiger partial charge in [0.15, 0.2) is 6.10 Å². The molecule has 1 unspecified atom stereocenters. The minimum Gasteiger partial charge on any atom is -0.461 e. The molecule has 0 aromatic heterocycles. The monoisotopic (exact) mass is 328 g/mol. The zero-order valence-corrected chi connectivity index (χ0v) is 13.2. The third kappa shape index (κ3) is 8.79. The van der Waals surface area contributed by atoms with Crippen LogP contribution in [-0.4, -0.2) is 41.4 Å². The van der Waals surface area contributed by atoms with E-state index in [-0.39, 0.29) is 12.5 Å². The number of rotatable bonds is 9. The Labute approximate surface area is 122 Å². The highest BCUT2D eigenvalue weighted by molar-refractivity contribution is 7.47. The molecule has 0 aliphatic rings. The smallest absolute Gasteiger partial charge is 0.461 e. The van der Waals surface area contributed by atoms with Crippen LogP contribution >= 0.6 is 7.82 Å². The van der Waals surface area contributed by atoms with E-state index in [1.54, 1.807) is 27.7 Å². The number of esters is 2. The lowest BCUT2D eigenvalue weighted by atomic mass is 10.2. The minimum absolute atomic E-state index is 0.346. The van der Waals surface area contributed by atoms with Crippen molar-refractivity contribution >= 4 is 19.8 Å². The van der Waals surface area contributed by atoms with Gasteiger partial charge in [-0.05, 0) is 0 Å². The van der Waals surface area contributed by atoms with E-state index in [0.29, 0.717) is 0 Å². The van der Waals surface area contributed by atoms with Crippen molar-refractivity contribution in [1.82, 2.24) is 0 Å². The topological polar surface area (TPSA) is 129 Å². The van der Waals surface area contributed by atoms with Crippen molar-refractivity contribution in [2.24, 2.45) is 11.8 Å². The summed E-state index contributed by atoms with van der Waals surface area (Å²) in [7, 11) is -4.64. The van der Waals surface area contributed by atoms with Crippen LogP contribution in [-0.2, 0) is 32.8 Å². The standard InChI is InChI=1S/C11H21O9P/c1-7(2)10(12)17-5-9(19-11(13)8(3)4)6-18-21(15,16)20-14/h7-9,14H,5-6H2,1-4H3,(H,15,16)/t9-/m0/s1. The summed E-state index contributed by atoms with van der Waals surface area (Å²) in [5.74, 6) is -1.94. The van der Waals surface area contributed by atoms with Gasteiger partial charge in [-0.2, -0.15) is 0 Å². The Morgan fingerprint density at radius 1 is 1.05 bits per heavy atom. The summed E-state index contributed by atoms with van der Waals surface area (Å²) < 4.78 is 28.4. The quantitative estimate of drug-likeness (QED) is 0.279. The average Bonchev–Trinajstić information content (AvgIpc) is 2.40. The van der Waals surface area contributed by atoms with E-state index >= 15 is 0 Å². The zero-order chi connectivity index (χ0) is 16.6. The van der Waals surface area contributed by atoms with Crippen LogP contribution in [0.5, 0.6) is 0 Å². The second kappa shape index (κ2) is 9.11. The van der Waals surface area contributed by atoms with Gasteiger partial charge in [0.2, 0.25) is 0 Å². The molecule has 10 heteroatoms. The fourth-order valence-electron chi connectivity index (χ4n) is 0.959. The molecule has 0 fully saturated rings. The predicted molar refractivity (Wildman–Crippen MR) is 70.0 cm³/mol. The molecule has 0 aliphatic carbocycles. The van der Waals surface area contributed by atoms with Crippen molar-refractivity contribution in [2.45, 2.75) is 33.8 Å². The zero-order valence-electron chi connectivity index (χ0n) is 12.3. The van der Waals surface area contributed by atoms with E-state index in [4.69, 9.17) is 19.6 Å². The predicted octanol–water partition coefficient (Wildman–Crippen LogP) is 1.36. The summed E-state index contributed by atoms with van der Waals surface area (Å²) in [6.45, 7) is 5.49. The van der Waals surface area contributed by atoms with E-state index < -0.39 is 38.4 Å². The van der Waals surface area contributed by atoms with Gasteiger partial charge in [0.25, 0.3) is 0 Å². The average molecular weight is 328 g/mol. The summed E-state index contributed by atoms with van der Waals surface area (Å²) in [5.41, 5.74) is 0. The van der Waals surface area contributed by atoms with Crippen molar-refractivity contribution in [3.8, 4) is 0 Å². The lowest BCUT2D eigenvalue weighted by Crippen LogP contribution is -2.31. The second-order valence-corrected chi connectivity index (χ2v) is 6.20. The lowest BCUT2D eigenvalue weighted by molar-refractivity contribution is -0.173. The fraction of sp³-hybridized carbons (Fsp3) is 0.818. The van der Waals surface area contributed by atoms with Gasteiger partial charge in [0, 0.05) is 0 Å². The number of carbonyl (C=O) groups is 2. The number of ether oxygens (including phenoxy) is 2. The molecule has 0 heterocycles. The van der Waals surface area contributed by atoms with Gasteiger partial charge in [-0.1, -0.05) is 27.7 Å². The van der Waals surface area contributed by atoms with Crippen LogP contribution in [0.4, 0.5) is 0 Å². The molecule has 0 spiro atoms. The van der Waals surface area contributed by atoms with Gasteiger partial charge in [-0.15, -0.1) is 4.67 Å². The molecule has 0 bridgehead atoms. The maximum Gasteiger partial charge on any atom is 0.499 e. The number of phosphoric ester groups is 1. The SMILES string of the molecule is CC(C)C(=O)OC[C@@H](COP(=O)(O)OO)OC(=O)C(C)C. The van der Waals surface area contributed by atoms with Crippen LogP contribution in [0.1, 0.15) is 27.7 Å². The molecular formula is C11H21O9P. The van der Waals surface area contributed by atoms with E-state index in [2.05, 4.69) is 9.20 Å². The normalized spacial score (nSPS) is 15.6. The first kappa shape index (κ1) is 20.0. The first-order chi connectivity index (χ1) is 9.59. The number of carbonyl (C=O) groups excluding carboxylic acids is 2. The Morgan fingerprint density at radius 3 is 2.00 bits per heavy atom. The van der Waals surface area contributed by atoms with Crippen molar-refractivity contribution in [3.63, 3.8) is 0 Å². The molecular weight excluding hydrogens is 307 g/mol. The maximum atomic E-state index is 11.5. The Hall–Kier alpha value is -0.990. The molecule has 9 nitrogen and oxygen atoms in total. The molecule has 2 N–H and O–H groups in total. The third-order valence-corrected chi connectivity index (χ3v) is 2.85. The highest BCUT2D eigenvalue weighted by Crippen LogP contribution is 2.41. The molecule has 0 rings (SSSR count). The van der Waals surface area contributed by atoms with Crippen LogP contribution in [0, 0.1) is 11.8 Å².